The lowest BCUT2D eigenvalue weighted by atomic mass is 9.95. The largest absolute Gasteiger partial charge is 0.373 e. The number of piperidine rings is 1. The number of hydrogen-bond acceptors (Lipinski definition) is 3. The monoisotopic (exact) mass is 420 g/mol. The fourth-order valence-electron chi connectivity index (χ4n) is 4.87. The lowest BCUT2D eigenvalue weighted by Crippen LogP contribution is -2.51. The predicted octanol–water partition coefficient (Wildman–Crippen LogP) is 3.98. The SMILES string of the molecule is CN=C(NCC1CCOC1c1ccccc1)NC1CCN(Cc2ccccc2)C(C)C1. The van der Waals surface area contributed by atoms with E-state index >= 15 is 0 Å². The standard InChI is InChI=1S/C26H36N4O/c1-20-17-24(13-15-30(20)19-21-9-5-3-6-10-21)29-26(27-2)28-18-23-14-16-31-25(23)22-11-7-4-8-12-22/h3-12,20,23-25H,13-19H2,1-2H3,(H2,27,28,29). The fraction of sp³-hybridized carbons (Fsp3) is 0.500. The molecule has 0 aromatic heterocycles. The highest BCUT2D eigenvalue weighted by atomic mass is 16.5. The first-order valence-corrected chi connectivity index (χ1v) is 11.6. The average molecular weight is 421 g/mol. The van der Waals surface area contributed by atoms with Gasteiger partial charge in [0.15, 0.2) is 5.96 Å². The van der Waals surface area contributed by atoms with Crippen LogP contribution in [0.5, 0.6) is 0 Å². The maximum atomic E-state index is 6.04. The van der Waals surface area contributed by atoms with Crippen molar-refractivity contribution in [3.63, 3.8) is 0 Å². The number of hydrogen-bond donors (Lipinski definition) is 2. The van der Waals surface area contributed by atoms with Gasteiger partial charge in [0.1, 0.15) is 0 Å². The predicted molar refractivity (Wildman–Crippen MR) is 127 cm³/mol. The van der Waals surface area contributed by atoms with Crippen LogP contribution in [-0.4, -0.2) is 49.7 Å². The van der Waals surface area contributed by atoms with Gasteiger partial charge in [0.05, 0.1) is 6.10 Å². The lowest BCUT2D eigenvalue weighted by Gasteiger charge is -2.38. The van der Waals surface area contributed by atoms with E-state index in [0.717, 1.165) is 51.5 Å². The molecule has 4 rings (SSSR count). The topological polar surface area (TPSA) is 48.9 Å². The van der Waals surface area contributed by atoms with Crippen molar-refractivity contribution in [2.75, 3.05) is 26.7 Å². The smallest absolute Gasteiger partial charge is 0.191 e. The second-order valence-electron chi connectivity index (χ2n) is 8.87. The molecule has 2 N–H and O–H groups in total. The molecule has 2 aliphatic rings. The summed E-state index contributed by atoms with van der Waals surface area (Å²) in [4.78, 5) is 7.08. The van der Waals surface area contributed by atoms with Gasteiger partial charge in [0.2, 0.25) is 0 Å². The Morgan fingerprint density at radius 1 is 1.06 bits per heavy atom. The van der Waals surface area contributed by atoms with Crippen molar-refractivity contribution in [1.29, 1.82) is 0 Å². The zero-order valence-electron chi connectivity index (χ0n) is 18.8. The summed E-state index contributed by atoms with van der Waals surface area (Å²) in [6.45, 7) is 6.19. The molecule has 5 heteroatoms. The van der Waals surface area contributed by atoms with Gasteiger partial charge in [-0.1, -0.05) is 60.7 Å². The molecular formula is C26H36N4O. The molecule has 0 amide bonds. The highest BCUT2D eigenvalue weighted by Gasteiger charge is 2.30. The Kier molecular flexibility index (Phi) is 7.60. The van der Waals surface area contributed by atoms with E-state index in [-0.39, 0.29) is 6.10 Å². The molecule has 31 heavy (non-hydrogen) atoms. The molecule has 2 fully saturated rings. The van der Waals surface area contributed by atoms with E-state index in [1.807, 2.05) is 7.05 Å². The van der Waals surface area contributed by atoms with Gasteiger partial charge in [-0.05, 0) is 37.3 Å². The Labute approximate surface area is 186 Å². The molecule has 4 unspecified atom stereocenters. The van der Waals surface area contributed by atoms with Gasteiger partial charge in [0.25, 0.3) is 0 Å². The molecule has 0 bridgehead atoms. The second-order valence-corrected chi connectivity index (χ2v) is 8.87. The first-order chi connectivity index (χ1) is 15.2. The van der Waals surface area contributed by atoms with Crippen LogP contribution in [-0.2, 0) is 11.3 Å². The van der Waals surface area contributed by atoms with Gasteiger partial charge in [-0.2, -0.15) is 0 Å². The van der Waals surface area contributed by atoms with E-state index in [4.69, 9.17) is 4.74 Å². The minimum absolute atomic E-state index is 0.174. The molecule has 2 aromatic rings. The number of rotatable bonds is 6. The normalized spacial score (nSPS) is 27.2. The van der Waals surface area contributed by atoms with Crippen LogP contribution in [0, 0.1) is 5.92 Å². The molecule has 166 valence electrons. The summed E-state index contributed by atoms with van der Waals surface area (Å²) in [6.07, 6.45) is 3.52. The summed E-state index contributed by atoms with van der Waals surface area (Å²) < 4.78 is 6.04. The molecule has 2 aromatic carbocycles. The Morgan fingerprint density at radius 2 is 1.81 bits per heavy atom. The lowest BCUT2D eigenvalue weighted by molar-refractivity contribution is 0.0914. The molecule has 0 radical (unpaired) electrons. The van der Waals surface area contributed by atoms with E-state index < -0.39 is 0 Å². The van der Waals surface area contributed by atoms with Crippen LogP contribution in [0.3, 0.4) is 0 Å². The van der Waals surface area contributed by atoms with Crippen LogP contribution in [0.1, 0.15) is 43.4 Å². The molecule has 5 nitrogen and oxygen atoms in total. The minimum Gasteiger partial charge on any atom is -0.373 e. The molecule has 0 spiro atoms. The highest BCUT2D eigenvalue weighted by Crippen LogP contribution is 2.33. The Balaban J connectivity index is 1.25. The molecule has 0 saturated carbocycles. The van der Waals surface area contributed by atoms with Gasteiger partial charge in [0, 0.05) is 51.3 Å². The Hall–Kier alpha value is -2.37. The number of benzene rings is 2. The van der Waals surface area contributed by atoms with Crippen LogP contribution in [0.25, 0.3) is 0 Å². The van der Waals surface area contributed by atoms with E-state index in [1.165, 1.54) is 11.1 Å². The van der Waals surface area contributed by atoms with Gasteiger partial charge in [-0.25, -0.2) is 0 Å². The third kappa shape index (κ3) is 5.86. The average Bonchev–Trinajstić information content (AvgIpc) is 3.28. The second kappa shape index (κ2) is 10.8. The number of nitrogens with zero attached hydrogens (tertiary/aromatic N) is 2. The first kappa shape index (κ1) is 21.8. The summed E-state index contributed by atoms with van der Waals surface area (Å²) in [6, 6.07) is 22.4. The third-order valence-electron chi connectivity index (χ3n) is 6.68. The quantitative estimate of drug-likeness (QED) is 0.548. The summed E-state index contributed by atoms with van der Waals surface area (Å²) in [5.74, 6) is 1.38. The maximum Gasteiger partial charge on any atom is 0.191 e. The number of aliphatic imine (C=N–C) groups is 1. The van der Waals surface area contributed by atoms with Gasteiger partial charge >= 0.3 is 0 Å². The van der Waals surface area contributed by atoms with Crippen LogP contribution in [0.4, 0.5) is 0 Å². The first-order valence-electron chi connectivity index (χ1n) is 11.6. The number of ether oxygens (including phenoxy) is 1. The Morgan fingerprint density at radius 3 is 2.52 bits per heavy atom. The number of likely N-dealkylation sites (tertiary alicyclic amines) is 1. The molecular weight excluding hydrogens is 384 g/mol. The fourth-order valence-corrected chi connectivity index (χ4v) is 4.87. The summed E-state index contributed by atoms with van der Waals surface area (Å²) in [5.41, 5.74) is 2.67. The third-order valence-corrected chi connectivity index (χ3v) is 6.68. The van der Waals surface area contributed by atoms with Crippen molar-refractivity contribution in [1.82, 2.24) is 15.5 Å². The van der Waals surface area contributed by atoms with Crippen molar-refractivity contribution in [3.05, 3.63) is 71.8 Å². The minimum atomic E-state index is 0.174. The summed E-state index contributed by atoms with van der Waals surface area (Å²) in [7, 11) is 1.86. The summed E-state index contributed by atoms with van der Waals surface area (Å²) >= 11 is 0. The van der Waals surface area contributed by atoms with Crippen molar-refractivity contribution in [2.24, 2.45) is 10.9 Å². The van der Waals surface area contributed by atoms with E-state index in [0.29, 0.717) is 18.0 Å². The van der Waals surface area contributed by atoms with E-state index in [9.17, 15) is 0 Å². The molecule has 2 saturated heterocycles. The molecule has 4 atom stereocenters. The van der Waals surface area contributed by atoms with Crippen molar-refractivity contribution < 1.29 is 4.74 Å². The molecule has 2 aliphatic heterocycles. The van der Waals surface area contributed by atoms with Crippen LogP contribution < -0.4 is 10.6 Å². The van der Waals surface area contributed by atoms with E-state index in [1.54, 1.807) is 0 Å². The van der Waals surface area contributed by atoms with Gasteiger partial charge in [-0.3, -0.25) is 9.89 Å². The van der Waals surface area contributed by atoms with Crippen molar-refractivity contribution >= 4 is 5.96 Å². The van der Waals surface area contributed by atoms with Crippen molar-refractivity contribution in [3.8, 4) is 0 Å². The zero-order chi connectivity index (χ0) is 21.5. The molecule has 2 heterocycles. The number of nitrogens with one attached hydrogen (secondary N) is 2. The number of guanidine groups is 1. The maximum absolute atomic E-state index is 6.04. The summed E-state index contributed by atoms with van der Waals surface area (Å²) in [5, 5.41) is 7.24. The van der Waals surface area contributed by atoms with Crippen LogP contribution in [0.2, 0.25) is 0 Å². The Bertz CT molecular complexity index is 826. The van der Waals surface area contributed by atoms with Crippen LogP contribution in [0.15, 0.2) is 65.7 Å². The van der Waals surface area contributed by atoms with Gasteiger partial charge < -0.3 is 15.4 Å². The molecule has 0 aliphatic carbocycles. The van der Waals surface area contributed by atoms with Gasteiger partial charge in [-0.15, -0.1) is 0 Å². The van der Waals surface area contributed by atoms with Crippen LogP contribution >= 0.6 is 0 Å². The van der Waals surface area contributed by atoms with E-state index in [2.05, 4.69) is 88.1 Å². The zero-order valence-corrected chi connectivity index (χ0v) is 18.8. The van der Waals surface area contributed by atoms with Crippen molar-refractivity contribution in [2.45, 2.75) is 50.9 Å². The highest BCUT2D eigenvalue weighted by molar-refractivity contribution is 5.80.